The van der Waals surface area contributed by atoms with Gasteiger partial charge in [0.2, 0.25) is 0 Å². The maximum atomic E-state index is 12.9. The molecule has 1 N–H and O–H groups in total. The van der Waals surface area contributed by atoms with Crippen molar-refractivity contribution in [3.8, 4) is 0 Å². The average Bonchev–Trinajstić information content (AvgIpc) is 3.27. The molecule has 1 aliphatic rings. The molecule has 1 unspecified atom stereocenters. The average molecular weight is 354 g/mol. The van der Waals surface area contributed by atoms with Crippen LogP contribution in [0.25, 0.3) is 10.9 Å². The Morgan fingerprint density at radius 1 is 1.31 bits per heavy atom. The zero-order chi connectivity index (χ0) is 18.1. The molecule has 0 spiro atoms. The second-order valence-corrected chi connectivity index (χ2v) is 6.65. The number of aliphatic hydroxyl groups excluding tert-OH is 1. The first-order valence-corrected chi connectivity index (χ1v) is 8.93. The predicted octanol–water partition coefficient (Wildman–Crippen LogP) is 2.02. The molecule has 0 radical (unpaired) electrons. The Bertz CT molecular complexity index is 978. The number of para-hydroxylation sites is 1. The van der Waals surface area contributed by atoms with Crippen molar-refractivity contribution < 1.29 is 9.52 Å². The molecular formula is C19H22N4O3. The third-order valence-electron chi connectivity index (χ3n) is 4.91. The number of hydrogen-bond donors (Lipinski definition) is 1. The van der Waals surface area contributed by atoms with Crippen molar-refractivity contribution in [1.82, 2.24) is 19.4 Å². The molecule has 0 aliphatic carbocycles. The van der Waals surface area contributed by atoms with Crippen LogP contribution >= 0.6 is 0 Å². The highest BCUT2D eigenvalue weighted by molar-refractivity contribution is 5.77. The van der Waals surface area contributed by atoms with Crippen molar-refractivity contribution in [2.45, 2.75) is 38.9 Å². The molecule has 136 valence electrons. The molecule has 4 rings (SSSR count). The van der Waals surface area contributed by atoms with E-state index in [1.165, 1.54) is 0 Å². The van der Waals surface area contributed by atoms with E-state index in [1.54, 1.807) is 16.9 Å². The van der Waals surface area contributed by atoms with Gasteiger partial charge >= 0.3 is 0 Å². The van der Waals surface area contributed by atoms with E-state index in [4.69, 9.17) is 9.40 Å². The number of oxazole rings is 1. The molecule has 7 heteroatoms. The number of aliphatic hydroxyl groups is 1. The molecule has 1 saturated heterocycles. The number of rotatable bonds is 5. The quantitative estimate of drug-likeness (QED) is 0.755. The summed E-state index contributed by atoms with van der Waals surface area (Å²) >= 11 is 0. The van der Waals surface area contributed by atoms with Gasteiger partial charge in [0, 0.05) is 13.5 Å². The number of benzene rings is 1. The lowest BCUT2D eigenvalue weighted by molar-refractivity contribution is 0.221. The molecule has 26 heavy (non-hydrogen) atoms. The van der Waals surface area contributed by atoms with Gasteiger partial charge in [-0.05, 0) is 31.5 Å². The van der Waals surface area contributed by atoms with Crippen molar-refractivity contribution in [2.75, 3.05) is 13.2 Å². The number of nitrogens with zero attached hydrogens (tertiary/aromatic N) is 4. The molecule has 0 bridgehead atoms. The largest absolute Gasteiger partial charge is 0.449 e. The molecule has 2 aromatic heterocycles. The minimum atomic E-state index is -0.0951. The SMILES string of the molecule is Cc1nc(CN2CCCC2c2nc3ccccc3c(=O)n2CCO)co1. The third kappa shape index (κ3) is 3.04. The van der Waals surface area contributed by atoms with E-state index in [0.29, 0.717) is 23.3 Å². The Balaban J connectivity index is 1.76. The number of hydrogen-bond acceptors (Lipinski definition) is 6. The molecule has 1 aromatic carbocycles. The second-order valence-electron chi connectivity index (χ2n) is 6.65. The van der Waals surface area contributed by atoms with Crippen LogP contribution in [0.2, 0.25) is 0 Å². The van der Waals surface area contributed by atoms with Crippen molar-refractivity contribution in [1.29, 1.82) is 0 Å². The van der Waals surface area contributed by atoms with Gasteiger partial charge in [0.25, 0.3) is 5.56 Å². The lowest BCUT2D eigenvalue weighted by Gasteiger charge is -2.25. The Kier molecular flexibility index (Phi) is 4.57. The zero-order valence-corrected chi connectivity index (χ0v) is 14.8. The van der Waals surface area contributed by atoms with Gasteiger partial charge in [-0.3, -0.25) is 14.3 Å². The Morgan fingerprint density at radius 2 is 2.15 bits per heavy atom. The van der Waals surface area contributed by atoms with E-state index >= 15 is 0 Å². The topological polar surface area (TPSA) is 84.4 Å². The number of likely N-dealkylation sites (tertiary alicyclic amines) is 1. The summed E-state index contributed by atoms with van der Waals surface area (Å²) in [6.07, 6.45) is 3.63. The summed E-state index contributed by atoms with van der Waals surface area (Å²) in [6.45, 7) is 3.55. The molecule has 1 atom stereocenters. The summed E-state index contributed by atoms with van der Waals surface area (Å²) in [4.78, 5) is 24.4. The highest BCUT2D eigenvalue weighted by atomic mass is 16.3. The van der Waals surface area contributed by atoms with Gasteiger partial charge < -0.3 is 9.52 Å². The Morgan fingerprint density at radius 3 is 2.92 bits per heavy atom. The van der Waals surface area contributed by atoms with Crippen molar-refractivity contribution in [3.63, 3.8) is 0 Å². The molecular weight excluding hydrogens is 332 g/mol. The van der Waals surface area contributed by atoms with Crippen LogP contribution in [0, 0.1) is 6.92 Å². The van der Waals surface area contributed by atoms with Gasteiger partial charge in [-0.1, -0.05) is 12.1 Å². The van der Waals surface area contributed by atoms with Crippen LogP contribution in [0.5, 0.6) is 0 Å². The summed E-state index contributed by atoms with van der Waals surface area (Å²) in [5.74, 6) is 1.37. The highest BCUT2D eigenvalue weighted by Gasteiger charge is 2.30. The molecule has 7 nitrogen and oxygen atoms in total. The van der Waals surface area contributed by atoms with Crippen LogP contribution in [-0.2, 0) is 13.1 Å². The van der Waals surface area contributed by atoms with Crippen LogP contribution in [0.4, 0.5) is 0 Å². The zero-order valence-electron chi connectivity index (χ0n) is 14.8. The van der Waals surface area contributed by atoms with Gasteiger partial charge in [-0.25, -0.2) is 9.97 Å². The fourth-order valence-electron chi connectivity index (χ4n) is 3.75. The molecule has 1 aliphatic heterocycles. The van der Waals surface area contributed by atoms with Crippen LogP contribution < -0.4 is 5.56 Å². The van der Waals surface area contributed by atoms with Gasteiger partial charge in [-0.15, -0.1) is 0 Å². The van der Waals surface area contributed by atoms with Crippen LogP contribution in [-0.4, -0.2) is 37.7 Å². The van der Waals surface area contributed by atoms with Crippen molar-refractivity contribution in [3.05, 3.63) is 58.3 Å². The van der Waals surface area contributed by atoms with Gasteiger partial charge in [0.15, 0.2) is 5.89 Å². The Hall–Kier alpha value is -2.51. The van der Waals surface area contributed by atoms with Crippen LogP contribution in [0.15, 0.2) is 39.7 Å². The second kappa shape index (κ2) is 7.01. The first kappa shape index (κ1) is 16.9. The maximum absolute atomic E-state index is 12.9. The maximum Gasteiger partial charge on any atom is 0.261 e. The van der Waals surface area contributed by atoms with Gasteiger partial charge in [0.05, 0.1) is 35.8 Å². The van der Waals surface area contributed by atoms with Crippen molar-refractivity contribution in [2.24, 2.45) is 0 Å². The number of aromatic nitrogens is 3. The summed E-state index contributed by atoms with van der Waals surface area (Å²) in [7, 11) is 0. The Labute approximate surface area is 150 Å². The van der Waals surface area contributed by atoms with E-state index < -0.39 is 0 Å². The van der Waals surface area contributed by atoms with Crippen LogP contribution in [0.1, 0.15) is 36.3 Å². The summed E-state index contributed by atoms with van der Waals surface area (Å²) in [5.41, 5.74) is 1.49. The number of aryl methyl sites for hydroxylation is 1. The molecule has 1 fully saturated rings. The smallest absolute Gasteiger partial charge is 0.261 e. The van der Waals surface area contributed by atoms with Gasteiger partial charge in [-0.2, -0.15) is 0 Å². The summed E-state index contributed by atoms with van der Waals surface area (Å²) in [5, 5.41) is 10.0. The first-order valence-electron chi connectivity index (χ1n) is 8.93. The predicted molar refractivity (Wildman–Crippen MR) is 96.7 cm³/mol. The fourth-order valence-corrected chi connectivity index (χ4v) is 3.75. The normalized spacial score (nSPS) is 18.0. The molecule has 0 amide bonds. The number of fused-ring (bicyclic) bond motifs is 1. The minimum Gasteiger partial charge on any atom is -0.449 e. The van der Waals surface area contributed by atoms with E-state index in [0.717, 1.165) is 30.9 Å². The fraction of sp³-hybridized carbons (Fsp3) is 0.421. The standard InChI is InChI=1S/C19H22N4O3/c1-13-20-14(12-26-13)11-22-8-4-7-17(22)18-21-16-6-3-2-5-15(16)19(25)23(18)9-10-24/h2-3,5-6,12,17,24H,4,7-11H2,1H3. The first-order chi connectivity index (χ1) is 12.7. The lowest BCUT2D eigenvalue weighted by Crippen LogP contribution is -2.33. The van der Waals surface area contributed by atoms with Crippen molar-refractivity contribution >= 4 is 10.9 Å². The van der Waals surface area contributed by atoms with E-state index in [9.17, 15) is 9.90 Å². The molecule has 3 heterocycles. The van der Waals surface area contributed by atoms with E-state index in [1.807, 2.05) is 25.1 Å². The van der Waals surface area contributed by atoms with Gasteiger partial charge in [0.1, 0.15) is 12.1 Å². The molecule has 3 aromatic rings. The van der Waals surface area contributed by atoms with E-state index in [2.05, 4.69) is 9.88 Å². The van der Waals surface area contributed by atoms with E-state index in [-0.39, 0.29) is 24.8 Å². The molecule has 0 saturated carbocycles. The van der Waals surface area contributed by atoms with Crippen LogP contribution in [0.3, 0.4) is 0 Å². The summed E-state index contributed by atoms with van der Waals surface area (Å²) in [6, 6.07) is 7.40. The lowest BCUT2D eigenvalue weighted by atomic mass is 10.1. The highest BCUT2D eigenvalue weighted by Crippen LogP contribution is 2.32. The monoisotopic (exact) mass is 354 g/mol. The minimum absolute atomic E-state index is 0.0239. The summed E-state index contributed by atoms with van der Waals surface area (Å²) < 4.78 is 6.94. The third-order valence-corrected chi connectivity index (χ3v) is 4.91.